The van der Waals surface area contributed by atoms with Crippen molar-refractivity contribution in [3.05, 3.63) is 100 Å². The van der Waals surface area contributed by atoms with E-state index in [1.165, 1.54) is 29.3 Å². The van der Waals surface area contributed by atoms with Crippen LogP contribution < -0.4 is 0 Å². The van der Waals surface area contributed by atoms with Crippen molar-refractivity contribution in [2.45, 2.75) is 24.2 Å². The second-order valence-electron chi connectivity index (χ2n) is 8.62. The van der Waals surface area contributed by atoms with Gasteiger partial charge in [0.2, 0.25) is 10.0 Å². The number of nitrogens with zero attached hydrogens (tertiary/aromatic N) is 1. The summed E-state index contributed by atoms with van der Waals surface area (Å²) >= 11 is 3.20. The van der Waals surface area contributed by atoms with Gasteiger partial charge < -0.3 is 5.11 Å². The van der Waals surface area contributed by atoms with Crippen LogP contribution in [-0.2, 0) is 22.9 Å². The van der Waals surface area contributed by atoms with Gasteiger partial charge >= 0.3 is 5.97 Å². The van der Waals surface area contributed by atoms with Crippen LogP contribution in [0.1, 0.15) is 27.9 Å². The summed E-state index contributed by atoms with van der Waals surface area (Å²) in [5, 5.41) is 9.44. The fourth-order valence-corrected chi connectivity index (χ4v) is 6.67. The average Bonchev–Trinajstić information content (AvgIpc) is 2.80. The SMILES string of the molecule is O=C(O)c1cc(S(=O)(=O)N2CC(Cc3ccccc3)CC(Cc3ccccc3)C2)ccc1Br. The number of sulfonamides is 1. The van der Waals surface area contributed by atoms with Gasteiger partial charge in [0.05, 0.1) is 10.5 Å². The van der Waals surface area contributed by atoms with Crippen molar-refractivity contribution in [3.8, 4) is 0 Å². The topological polar surface area (TPSA) is 74.7 Å². The normalized spacial score (nSPS) is 19.3. The first-order chi connectivity index (χ1) is 15.8. The van der Waals surface area contributed by atoms with Crippen LogP contribution in [0, 0.1) is 11.8 Å². The van der Waals surface area contributed by atoms with Gasteiger partial charge in [0.1, 0.15) is 0 Å². The van der Waals surface area contributed by atoms with Gasteiger partial charge in [-0.05, 0) is 76.4 Å². The Morgan fingerprint density at radius 3 is 1.88 bits per heavy atom. The Labute approximate surface area is 203 Å². The van der Waals surface area contributed by atoms with E-state index in [4.69, 9.17) is 0 Å². The molecule has 0 aromatic heterocycles. The lowest BCUT2D eigenvalue weighted by Gasteiger charge is -2.37. The van der Waals surface area contributed by atoms with Crippen molar-refractivity contribution in [2.75, 3.05) is 13.1 Å². The highest BCUT2D eigenvalue weighted by Crippen LogP contribution is 2.32. The third kappa shape index (κ3) is 5.72. The fourth-order valence-electron chi connectivity index (χ4n) is 4.64. The van der Waals surface area contributed by atoms with Crippen LogP contribution in [0.3, 0.4) is 0 Å². The Morgan fingerprint density at radius 1 is 0.879 bits per heavy atom. The van der Waals surface area contributed by atoms with Gasteiger partial charge in [-0.1, -0.05) is 60.7 Å². The van der Waals surface area contributed by atoms with Gasteiger partial charge in [0.25, 0.3) is 0 Å². The molecule has 5 nitrogen and oxygen atoms in total. The number of benzene rings is 3. The zero-order valence-corrected chi connectivity index (χ0v) is 20.5. The summed E-state index contributed by atoms with van der Waals surface area (Å²) in [4.78, 5) is 11.6. The molecule has 1 aliphatic heterocycles. The molecule has 2 atom stereocenters. The van der Waals surface area contributed by atoms with Crippen LogP contribution >= 0.6 is 15.9 Å². The van der Waals surface area contributed by atoms with E-state index in [1.807, 2.05) is 36.4 Å². The molecule has 33 heavy (non-hydrogen) atoms. The zero-order chi connectivity index (χ0) is 23.4. The monoisotopic (exact) mass is 527 g/mol. The minimum atomic E-state index is -3.84. The second kappa shape index (κ2) is 10.2. The smallest absolute Gasteiger partial charge is 0.336 e. The molecule has 3 aromatic rings. The van der Waals surface area contributed by atoms with Crippen molar-refractivity contribution in [1.29, 1.82) is 0 Å². The lowest BCUT2D eigenvalue weighted by atomic mass is 9.83. The van der Waals surface area contributed by atoms with Gasteiger partial charge in [-0.3, -0.25) is 0 Å². The predicted molar refractivity (Wildman–Crippen MR) is 132 cm³/mol. The summed E-state index contributed by atoms with van der Waals surface area (Å²) in [5.74, 6) is -0.806. The first-order valence-electron chi connectivity index (χ1n) is 10.9. The number of aromatic carboxylic acids is 1. The van der Waals surface area contributed by atoms with Gasteiger partial charge in [0, 0.05) is 17.6 Å². The minimum absolute atomic E-state index is 0.0157. The molecule has 1 heterocycles. The Bertz CT molecular complexity index is 1170. The molecular formula is C26H26BrNO4S. The maximum Gasteiger partial charge on any atom is 0.336 e. The highest BCUT2D eigenvalue weighted by atomic mass is 79.9. The lowest BCUT2D eigenvalue weighted by Crippen LogP contribution is -2.45. The molecule has 1 fully saturated rings. The standard InChI is InChI=1S/C26H26BrNO4S/c27-25-12-11-23(16-24(25)26(29)30)33(31,32)28-17-21(13-19-7-3-1-4-8-19)15-22(18-28)14-20-9-5-2-6-10-20/h1-12,16,21-22H,13-15,17-18H2,(H,29,30). The summed E-state index contributed by atoms with van der Waals surface area (Å²) in [6.45, 7) is 0.835. The largest absolute Gasteiger partial charge is 0.478 e. The van der Waals surface area contributed by atoms with Crippen LogP contribution in [-0.4, -0.2) is 36.9 Å². The highest BCUT2D eigenvalue weighted by Gasteiger charge is 2.35. The quantitative estimate of drug-likeness (QED) is 0.454. The number of hydrogen-bond donors (Lipinski definition) is 1. The number of halogens is 1. The van der Waals surface area contributed by atoms with Gasteiger partial charge in [-0.2, -0.15) is 4.31 Å². The average molecular weight is 528 g/mol. The summed E-state index contributed by atoms with van der Waals surface area (Å²) in [6, 6.07) is 24.5. The van der Waals surface area contributed by atoms with Crippen molar-refractivity contribution in [1.82, 2.24) is 4.31 Å². The summed E-state index contributed by atoms with van der Waals surface area (Å²) in [7, 11) is -3.84. The number of hydrogen-bond acceptors (Lipinski definition) is 3. The van der Waals surface area contributed by atoms with Gasteiger partial charge in [0.15, 0.2) is 0 Å². The Kier molecular flexibility index (Phi) is 7.32. The van der Waals surface area contributed by atoms with E-state index in [0.29, 0.717) is 17.6 Å². The number of carboxylic acids is 1. The van der Waals surface area contributed by atoms with E-state index in [0.717, 1.165) is 19.3 Å². The van der Waals surface area contributed by atoms with Crippen LogP contribution in [0.4, 0.5) is 0 Å². The number of piperidine rings is 1. The molecule has 0 bridgehead atoms. The summed E-state index contributed by atoms with van der Waals surface area (Å²) < 4.78 is 29.1. The van der Waals surface area contributed by atoms with Crippen LogP contribution in [0.25, 0.3) is 0 Å². The van der Waals surface area contributed by atoms with E-state index in [2.05, 4.69) is 40.2 Å². The summed E-state index contributed by atoms with van der Waals surface area (Å²) in [5.41, 5.74) is 2.32. The van der Waals surface area contributed by atoms with Gasteiger partial charge in [-0.25, -0.2) is 13.2 Å². The fraction of sp³-hybridized carbons (Fsp3) is 0.269. The van der Waals surface area contributed by atoms with Crippen LogP contribution in [0.15, 0.2) is 88.2 Å². The molecule has 0 amide bonds. The summed E-state index contributed by atoms with van der Waals surface area (Å²) in [6.07, 6.45) is 2.55. The minimum Gasteiger partial charge on any atom is -0.478 e. The second-order valence-corrected chi connectivity index (χ2v) is 11.4. The van der Waals surface area contributed by atoms with E-state index >= 15 is 0 Å². The molecule has 1 aliphatic rings. The maximum atomic E-state index is 13.6. The first kappa shape index (κ1) is 23.7. The van der Waals surface area contributed by atoms with Crippen molar-refractivity contribution < 1.29 is 18.3 Å². The molecule has 0 radical (unpaired) electrons. The van der Waals surface area contributed by atoms with Crippen molar-refractivity contribution in [2.24, 2.45) is 11.8 Å². The lowest BCUT2D eigenvalue weighted by molar-refractivity contribution is 0.0695. The Morgan fingerprint density at radius 2 is 1.39 bits per heavy atom. The number of carboxylic acid groups (broad SMARTS) is 1. The highest BCUT2D eigenvalue weighted by molar-refractivity contribution is 9.10. The van der Waals surface area contributed by atoms with Gasteiger partial charge in [-0.15, -0.1) is 0 Å². The van der Waals surface area contributed by atoms with E-state index in [9.17, 15) is 18.3 Å². The van der Waals surface area contributed by atoms with Crippen molar-refractivity contribution >= 4 is 31.9 Å². The molecule has 0 aliphatic carbocycles. The van der Waals surface area contributed by atoms with E-state index < -0.39 is 16.0 Å². The molecule has 0 spiro atoms. The number of rotatable bonds is 7. The third-order valence-corrected chi connectivity index (χ3v) is 8.65. The molecule has 7 heteroatoms. The molecule has 4 rings (SSSR count). The van der Waals surface area contributed by atoms with E-state index in [1.54, 1.807) is 4.31 Å². The number of carbonyl (C=O) groups is 1. The molecule has 3 aromatic carbocycles. The predicted octanol–water partition coefficient (Wildman–Crippen LogP) is 5.26. The molecule has 1 saturated heterocycles. The molecule has 1 N–H and O–H groups in total. The zero-order valence-electron chi connectivity index (χ0n) is 18.1. The molecular weight excluding hydrogens is 502 g/mol. The van der Waals surface area contributed by atoms with Crippen molar-refractivity contribution in [3.63, 3.8) is 0 Å². The van der Waals surface area contributed by atoms with Crippen LogP contribution in [0.5, 0.6) is 0 Å². The maximum absolute atomic E-state index is 13.6. The third-order valence-electron chi connectivity index (χ3n) is 6.13. The molecule has 2 unspecified atom stereocenters. The Balaban J connectivity index is 1.63. The first-order valence-corrected chi connectivity index (χ1v) is 13.2. The molecule has 0 saturated carbocycles. The molecule has 172 valence electrons. The van der Waals surface area contributed by atoms with Crippen LogP contribution in [0.2, 0.25) is 0 Å². The van der Waals surface area contributed by atoms with E-state index in [-0.39, 0.29) is 22.3 Å². The Hall–Kier alpha value is -2.48.